The molecule has 0 N–H and O–H groups in total. The molecule has 0 spiro atoms. The lowest BCUT2D eigenvalue weighted by atomic mass is 10.1. The van der Waals surface area contributed by atoms with Gasteiger partial charge in [0.05, 0.1) is 6.42 Å². The van der Waals surface area contributed by atoms with E-state index >= 15 is 0 Å². The van der Waals surface area contributed by atoms with Crippen molar-refractivity contribution in [1.29, 1.82) is 0 Å². The summed E-state index contributed by atoms with van der Waals surface area (Å²) in [6.07, 6.45) is 1.29. The topological polar surface area (TPSA) is 26.3 Å². The van der Waals surface area contributed by atoms with Gasteiger partial charge in [-0.25, -0.2) is 0 Å². The highest BCUT2D eigenvalue weighted by molar-refractivity contribution is 5.75. The fourth-order valence-corrected chi connectivity index (χ4v) is 1.72. The molecule has 18 heavy (non-hydrogen) atoms. The molecule has 0 unspecified atom stereocenters. The number of benzene rings is 2. The molecule has 0 aliphatic rings. The summed E-state index contributed by atoms with van der Waals surface area (Å²) in [7, 11) is 0. The molecule has 2 aromatic carbocycles. The van der Waals surface area contributed by atoms with Crippen molar-refractivity contribution in [2.75, 3.05) is 0 Å². The Balaban J connectivity index is 1.94. The number of ether oxygens (including phenoxy) is 1. The number of hydrogen-bond acceptors (Lipinski definition) is 2. The van der Waals surface area contributed by atoms with Crippen LogP contribution in [0.25, 0.3) is 0 Å². The fourth-order valence-electron chi connectivity index (χ4n) is 1.72. The first-order valence-corrected chi connectivity index (χ1v) is 6.11. The van der Waals surface area contributed by atoms with Crippen molar-refractivity contribution in [3.8, 4) is 5.75 Å². The molecule has 0 aliphatic carbocycles. The van der Waals surface area contributed by atoms with Gasteiger partial charge in [0, 0.05) is 0 Å². The summed E-state index contributed by atoms with van der Waals surface area (Å²) < 4.78 is 5.28. The van der Waals surface area contributed by atoms with Gasteiger partial charge in [-0.15, -0.1) is 0 Å². The van der Waals surface area contributed by atoms with Crippen LogP contribution in [-0.2, 0) is 17.6 Å². The minimum atomic E-state index is -0.231. The van der Waals surface area contributed by atoms with Crippen LogP contribution in [0, 0.1) is 0 Å². The lowest BCUT2D eigenvalue weighted by molar-refractivity contribution is -0.133. The van der Waals surface area contributed by atoms with Crippen LogP contribution in [0.4, 0.5) is 0 Å². The first-order valence-electron chi connectivity index (χ1n) is 6.11. The summed E-state index contributed by atoms with van der Waals surface area (Å²) in [5, 5.41) is 0. The van der Waals surface area contributed by atoms with Crippen LogP contribution in [-0.4, -0.2) is 5.97 Å². The molecule has 2 rings (SSSR count). The second-order valence-corrected chi connectivity index (χ2v) is 4.13. The summed E-state index contributed by atoms with van der Waals surface area (Å²) in [6, 6.07) is 17.2. The van der Waals surface area contributed by atoms with Crippen molar-refractivity contribution in [1.82, 2.24) is 0 Å². The summed E-state index contributed by atoms with van der Waals surface area (Å²) in [5.41, 5.74) is 2.20. The van der Waals surface area contributed by atoms with E-state index in [2.05, 4.69) is 6.92 Å². The van der Waals surface area contributed by atoms with Crippen LogP contribution in [0.3, 0.4) is 0 Å². The van der Waals surface area contributed by atoms with E-state index in [9.17, 15) is 4.79 Å². The fraction of sp³-hybridized carbons (Fsp3) is 0.188. The Morgan fingerprint density at radius 2 is 1.61 bits per heavy atom. The van der Waals surface area contributed by atoms with Gasteiger partial charge in [0.2, 0.25) is 0 Å². The number of rotatable bonds is 4. The van der Waals surface area contributed by atoms with Crippen molar-refractivity contribution in [2.45, 2.75) is 19.8 Å². The maximum Gasteiger partial charge on any atom is 0.315 e. The molecule has 0 aromatic heterocycles. The zero-order valence-corrected chi connectivity index (χ0v) is 10.4. The van der Waals surface area contributed by atoms with Gasteiger partial charge in [-0.1, -0.05) is 49.4 Å². The molecule has 2 heteroatoms. The minimum Gasteiger partial charge on any atom is -0.426 e. The Morgan fingerprint density at radius 3 is 2.22 bits per heavy atom. The van der Waals surface area contributed by atoms with E-state index in [0.717, 1.165) is 12.0 Å². The van der Waals surface area contributed by atoms with Crippen LogP contribution in [0.5, 0.6) is 5.75 Å². The van der Waals surface area contributed by atoms with Gasteiger partial charge in [0.15, 0.2) is 0 Å². The van der Waals surface area contributed by atoms with Crippen LogP contribution in [0.1, 0.15) is 18.1 Å². The summed E-state index contributed by atoms with van der Waals surface area (Å²) in [6.45, 7) is 2.09. The first-order chi connectivity index (χ1) is 8.78. The molecule has 92 valence electrons. The van der Waals surface area contributed by atoms with Gasteiger partial charge in [0.1, 0.15) is 5.75 Å². The maximum atomic E-state index is 11.7. The van der Waals surface area contributed by atoms with E-state index in [1.807, 2.05) is 54.6 Å². The number of aryl methyl sites for hydroxylation is 1. The van der Waals surface area contributed by atoms with Crippen molar-refractivity contribution in [2.24, 2.45) is 0 Å². The monoisotopic (exact) mass is 240 g/mol. The zero-order valence-electron chi connectivity index (χ0n) is 10.4. The standard InChI is InChI=1S/C16H16O2/c1-2-13-8-10-15(11-9-13)18-16(17)12-14-6-4-3-5-7-14/h3-11H,2,12H2,1H3. The van der Waals surface area contributed by atoms with E-state index in [4.69, 9.17) is 4.74 Å². The van der Waals surface area contributed by atoms with Gasteiger partial charge in [-0.2, -0.15) is 0 Å². The zero-order chi connectivity index (χ0) is 12.8. The largest absolute Gasteiger partial charge is 0.426 e. The van der Waals surface area contributed by atoms with Crippen molar-refractivity contribution in [3.63, 3.8) is 0 Å². The quantitative estimate of drug-likeness (QED) is 0.605. The number of carbonyl (C=O) groups excluding carboxylic acids is 1. The lowest BCUT2D eigenvalue weighted by Crippen LogP contribution is -2.11. The smallest absolute Gasteiger partial charge is 0.315 e. The molecule has 0 saturated carbocycles. The highest BCUT2D eigenvalue weighted by atomic mass is 16.5. The molecular weight excluding hydrogens is 224 g/mol. The second kappa shape index (κ2) is 6.01. The molecular formula is C16H16O2. The average Bonchev–Trinajstić information content (AvgIpc) is 2.40. The van der Waals surface area contributed by atoms with Gasteiger partial charge in [-0.05, 0) is 29.7 Å². The molecule has 0 heterocycles. The third kappa shape index (κ3) is 3.45. The molecule has 0 atom stereocenters. The first kappa shape index (κ1) is 12.4. The molecule has 2 nitrogen and oxygen atoms in total. The van der Waals surface area contributed by atoms with E-state index < -0.39 is 0 Å². The van der Waals surface area contributed by atoms with Crippen molar-refractivity contribution in [3.05, 3.63) is 65.7 Å². The predicted molar refractivity (Wildman–Crippen MR) is 71.6 cm³/mol. The van der Waals surface area contributed by atoms with Crippen LogP contribution >= 0.6 is 0 Å². The maximum absolute atomic E-state index is 11.7. The van der Waals surface area contributed by atoms with Crippen molar-refractivity contribution >= 4 is 5.97 Å². The summed E-state index contributed by atoms with van der Waals surface area (Å²) >= 11 is 0. The number of esters is 1. The third-order valence-electron chi connectivity index (χ3n) is 2.75. The lowest BCUT2D eigenvalue weighted by Gasteiger charge is -2.05. The van der Waals surface area contributed by atoms with Gasteiger partial charge >= 0.3 is 5.97 Å². The normalized spacial score (nSPS) is 10.1. The predicted octanol–water partition coefficient (Wildman–Crippen LogP) is 3.40. The molecule has 0 amide bonds. The van der Waals surface area contributed by atoms with E-state index in [0.29, 0.717) is 12.2 Å². The highest BCUT2D eigenvalue weighted by Gasteiger charge is 2.05. The minimum absolute atomic E-state index is 0.231. The Kier molecular flexibility index (Phi) is 4.13. The highest BCUT2D eigenvalue weighted by Crippen LogP contribution is 2.13. The molecule has 0 radical (unpaired) electrons. The van der Waals surface area contributed by atoms with Gasteiger partial charge in [0.25, 0.3) is 0 Å². The van der Waals surface area contributed by atoms with E-state index in [1.165, 1.54) is 5.56 Å². The molecule has 2 aromatic rings. The van der Waals surface area contributed by atoms with E-state index in [-0.39, 0.29) is 5.97 Å². The Hall–Kier alpha value is -2.09. The Bertz CT molecular complexity index is 500. The van der Waals surface area contributed by atoms with Crippen LogP contribution in [0.2, 0.25) is 0 Å². The van der Waals surface area contributed by atoms with Crippen LogP contribution in [0.15, 0.2) is 54.6 Å². The Labute approximate surface area is 107 Å². The molecule has 0 fully saturated rings. The van der Waals surface area contributed by atoms with Crippen molar-refractivity contribution < 1.29 is 9.53 Å². The van der Waals surface area contributed by atoms with Crippen LogP contribution < -0.4 is 4.74 Å². The number of carbonyl (C=O) groups is 1. The molecule has 0 bridgehead atoms. The third-order valence-corrected chi connectivity index (χ3v) is 2.75. The summed E-state index contributed by atoms with van der Waals surface area (Å²) in [5.74, 6) is 0.374. The number of hydrogen-bond donors (Lipinski definition) is 0. The molecule has 0 aliphatic heterocycles. The van der Waals surface area contributed by atoms with Gasteiger partial charge < -0.3 is 4.74 Å². The average molecular weight is 240 g/mol. The van der Waals surface area contributed by atoms with E-state index in [1.54, 1.807) is 0 Å². The second-order valence-electron chi connectivity index (χ2n) is 4.13. The van der Waals surface area contributed by atoms with Gasteiger partial charge in [-0.3, -0.25) is 4.79 Å². The SMILES string of the molecule is CCc1ccc(OC(=O)Cc2ccccc2)cc1. The summed E-state index contributed by atoms with van der Waals surface area (Å²) in [4.78, 5) is 11.7. The Morgan fingerprint density at radius 1 is 0.944 bits per heavy atom. The molecule has 0 saturated heterocycles.